The van der Waals surface area contributed by atoms with Crippen LogP contribution in [0.5, 0.6) is 0 Å². The Bertz CT molecular complexity index is 702. The molecule has 6 nitrogen and oxygen atoms in total. The third-order valence-corrected chi connectivity index (χ3v) is 3.78. The van der Waals surface area contributed by atoms with Crippen LogP contribution in [-0.2, 0) is 6.54 Å². The molecule has 0 spiro atoms. The Morgan fingerprint density at radius 2 is 1.80 bits per heavy atom. The first kappa shape index (κ1) is 12.5. The highest BCUT2D eigenvalue weighted by Gasteiger charge is 2.35. The molecule has 1 aliphatic rings. The number of amides is 2. The van der Waals surface area contributed by atoms with Gasteiger partial charge in [0.2, 0.25) is 0 Å². The lowest BCUT2D eigenvalue weighted by molar-refractivity contribution is 0.0641. The Hall–Kier alpha value is -2.54. The van der Waals surface area contributed by atoms with Crippen molar-refractivity contribution in [2.24, 2.45) is 0 Å². The second kappa shape index (κ2) is 4.53. The van der Waals surface area contributed by atoms with Gasteiger partial charge in [0.25, 0.3) is 11.8 Å². The second-order valence-corrected chi connectivity index (χ2v) is 5.12. The number of rotatable bonds is 3. The molecule has 2 amide bonds. The number of carbonyl (C=O) groups excluding carboxylic acids is 2. The Balaban J connectivity index is 1.87. The van der Waals surface area contributed by atoms with Crippen LogP contribution in [0.1, 0.15) is 36.2 Å². The van der Waals surface area contributed by atoms with Gasteiger partial charge in [0.15, 0.2) is 5.69 Å². The van der Waals surface area contributed by atoms with Gasteiger partial charge in [-0.2, -0.15) is 0 Å². The van der Waals surface area contributed by atoms with E-state index in [4.69, 9.17) is 5.11 Å². The SMILES string of the molecule is O=C(O)c1csc(CN2C(=O)c3ccccc3C2=O)n1. The van der Waals surface area contributed by atoms with Gasteiger partial charge in [-0.25, -0.2) is 9.78 Å². The van der Waals surface area contributed by atoms with Crippen LogP contribution in [0.4, 0.5) is 0 Å². The molecule has 0 saturated carbocycles. The number of thiazole rings is 1. The van der Waals surface area contributed by atoms with E-state index in [1.165, 1.54) is 5.38 Å². The summed E-state index contributed by atoms with van der Waals surface area (Å²) in [6, 6.07) is 6.58. The summed E-state index contributed by atoms with van der Waals surface area (Å²) in [5, 5.41) is 10.6. The van der Waals surface area contributed by atoms with E-state index in [-0.39, 0.29) is 24.1 Å². The first-order valence-corrected chi connectivity index (χ1v) is 6.59. The lowest BCUT2D eigenvalue weighted by Gasteiger charge is -2.11. The predicted molar refractivity (Wildman–Crippen MR) is 69.7 cm³/mol. The summed E-state index contributed by atoms with van der Waals surface area (Å²) in [7, 11) is 0. The molecule has 0 aliphatic carbocycles. The van der Waals surface area contributed by atoms with Gasteiger partial charge in [0.1, 0.15) is 5.01 Å². The molecule has 0 radical (unpaired) electrons. The van der Waals surface area contributed by atoms with Crippen molar-refractivity contribution in [3.8, 4) is 0 Å². The molecule has 0 bridgehead atoms. The van der Waals surface area contributed by atoms with E-state index in [0.717, 1.165) is 16.2 Å². The number of carboxylic acid groups (broad SMARTS) is 1. The number of carbonyl (C=O) groups is 3. The van der Waals surface area contributed by atoms with Gasteiger partial charge in [-0.05, 0) is 12.1 Å². The summed E-state index contributed by atoms with van der Waals surface area (Å²) in [6.45, 7) is -0.00963. The molecule has 100 valence electrons. The van der Waals surface area contributed by atoms with Crippen LogP contribution in [0, 0.1) is 0 Å². The Morgan fingerprint density at radius 3 is 2.30 bits per heavy atom. The van der Waals surface area contributed by atoms with Gasteiger partial charge in [-0.15, -0.1) is 11.3 Å². The van der Waals surface area contributed by atoms with Crippen molar-refractivity contribution in [2.75, 3.05) is 0 Å². The second-order valence-electron chi connectivity index (χ2n) is 4.17. The number of imide groups is 1. The molecular weight excluding hydrogens is 280 g/mol. The van der Waals surface area contributed by atoms with Crippen molar-refractivity contribution in [3.05, 3.63) is 51.5 Å². The first-order valence-electron chi connectivity index (χ1n) is 5.71. The molecular formula is C13H8N2O4S. The highest BCUT2D eigenvalue weighted by molar-refractivity contribution is 7.09. The maximum absolute atomic E-state index is 12.1. The Labute approximate surface area is 117 Å². The zero-order valence-electron chi connectivity index (χ0n) is 10.1. The Kier molecular flexibility index (Phi) is 2.83. The summed E-state index contributed by atoms with van der Waals surface area (Å²) in [4.78, 5) is 39.9. The van der Waals surface area contributed by atoms with E-state index in [1.54, 1.807) is 24.3 Å². The lowest BCUT2D eigenvalue weighted by Crippen LogP contribution is -2.29. The highest BCUT2D eigenvalue weighted by Crippen LogP contribution is 2.25. The minimum atomic E-state index is -1.13. The monoisotopic (exact) mass is 288 g/mol. The molecule has 1 aromatic carbocycles. The van der Waals surface area contributed by atoms with Crippen molar-refractivity contribution in [1.82, 2.24) is 9.88 Å². The number of hydrogen-bond donors (Lipinski definition) is 1. The van der Waals surface area contributed by atoms with E-state index in [9.17, 15) is 14.4 Å². The molecule has 7 heteroatoms. The summed E-state index contributed by atoms with van der Waals surface area (Å²) >= 11 is 1.11. The molecule has 1 aromatic heterocycles. The molecule has 3 rings (SSSR count). The topological polar surface area (TPSA) is 87.6 Å². The first-order chi connectivity index (χ1) is 9.58. The molecule has 1 N–H and O–H groups in total. The van der Waals surface area contributed by atoms with Crippen LogP contribution in [0.25, 0.3) is 0 Å². The summed E-state index contributed by atoms with van der Waals surface area (Å²) in [5.41, 5.74) is 0.654. The molecule has 2 aromatic rings. The van der Waals surface area contributed by atoms with Crippen molar-refractivity contribution in [3.63, 3.8) is 0 Å². The molecule has 0 atom stereocenters. The minimum absolute atomic E-state index is 0.00963. The fourth-order valence-electron chi connectivity index (χ4n) is 2.00. The van der Waals surface area contributed by atoms with Crippen molar-refractivity contribution >= 4 is 29.1 Å². The quantitative estimate of drug-likeness (QED) is 0.867. The average molecular weight is 288 g/mol. The van der Waals surface area contributed by atoms with Crippen molar-refractivity contribution in [2.45, 2.75) is 6.54 Å². The number of aromatic carboxylic acids is 1. The summed E-state index contributed by atoms with van der Waals surface area (Å²) < 4.78 is 0. The van der Waals surface area contributed by atoms with Crippen LogP contribution in [0.2, 0.25) is 0 Å². The third-order valence-electron chi connectivity index (χ3n) is 2.94. The van der Waals surface area contributed by atoms with Gasteiger partial charge < -0.3 is 5.11 Å². The molecule has 2 heterocycles. The van der Waals surface area contributed by atoms with Crippen LogP contribution >= 0.6 is 11.3 Å². The molecule has 20 heavy (non-hydrogen) atoms. The number of carboxylic acids is 1. The maximum atomic E-state index is 12.1. The van der Waals surface area contributed by atoms with Gasteiger partial charge in [-0.1, -0.05) is 12.1 Å². The minimum Gasteiger partial charge on any atom is -0.476 e. The highest BCUT2D eigenvalue weighted by atomic mass is 32.1. The molecule has 0 saturated heterocycles. The van der Waals surface area contributed by atoms with Crippen molar-refractivity contribution < 1.29 is 19.5 Å². The number of fused-ring (bicyclic) bond motifs is 1. The molecule has 0 fully saturated rings. The van der Waals surface area contributed by atoms with Crippen LogP contribution in [0.3, 0.4) is 0 Å². The number of aromatic nitrogens is 1. The standard InChI is InChI=1S/C13H8N2O4S/c16-11-7-3-1-2-4-8(7)12(17)15(11)5-10-14-9(6-20-10)13(18)19/h1-4,6H,5H2,(H,18,19). The zero-order valence-corrected chi connectivity index (χ0v) is 10.9. The molecule has 1 aliphatic heterocycles. The normalized spacial score (nSPS) is 13.7. The summed E-state index contributed by atoms with van der Waals surface area (Å²) in [6.07, 6.45) is 0. The van der Waals surface area contributed by atoms with E-state index in [2.05, 4.69) is 4.98 Å². The number of hydrogen-bond acceptors (Lipinski definition) is 5. The predicted octanol–water partition coefficient (Wildman–Crippen LogP) is 1.64. The molecule has 0 unspecified atom stereocenters. The average Bonchev–Trinajstić information content (AvgIpc) is 3.00. The fraction of sp³-hybridized carbons (Fsp3) is 0.0769. The largest absolute Gasteiger partial charge is 0.476 e. The van der Waals surface area contributed by atoms with Gasteiger partial charge in [0.05, 0.1) is 17.7 Å². The third kappa shape index (κ3) is 1.88. The smallest absolute Gasteiger partial charge is 0.355 e. The van der Waals surface area contributed by atoms with Crippen molar-refractivity contribution in [1.29, 1.82) is 0 Å². The van der Waals surface area contributed by atoms with Crippen LogP contribution < -0.4 is 0 Å². The van der Waals surface area contributed by atoms with Gasteiger partial charge >= 0.3 is 5.97 Å². The summed E-state index contributed by atoms with van der Waals surface area (Å²) in [5.74, 6) is -1.88. The van der Waals surface area contributed by atoms with Crippen LogP contribution in [0.15, 0.2) is 29.6 Å². The van der Waals surface area contributed by atoms with Crippen LogP contribution in [-0.4, -0.2) is 32.8 Å². The fourth-order valence-corrected chi connectivity index (χ4v) is 2.76. The van der Waals surface area contributed by atoms with E-state index in [0.29, 0.717) is 16.1 Å². The number of nitrogens with zero attached hydrogens (tertiary/aromatic N) is 2. The Morgan fingerprint density at radius 1 is 1.20 bits per heavy atom. The van der Waals surface area contributed by atoms with Gasteiger partial charge in [0, 0.05) is 5.38 Å². The lowest BCUT2D eigenvalue weighted by atomic mass is 10.1. The van der Waals surface area contributed by atoms with E-state index in [1.807, 2.05) is 0 Å². The van der Waals surface area contributed by atoms with Gasteiger partial charge in [-0.3, -0.25) is 14.5 Å². The maximum Gasteiger partial charge on any atom is 0.355 e. The van der Waals surface area contributed by atoms with E-state index < -0.39 is 5.97 Å². The number of benzene rings is 1. The van der Waals surface area contributed by atoms with E-state index >= 15 is 0 Å². The zero-order chi connectivity index (χ0) is 14.3.